The predicted molar refractivity (Wildman–Crippen MR) is 121 cm³/mol. The van der Waals surface area contributed by atoms with E-state index in [0.29, 0.717) is 0 Å². The SMILES string of the molecule is COc1ccc(C(=CCc2cccc3ccccc23)c2ccc(OC)cc2)cc1. The van der Waals surface area contributed by atoms with Crippen molar-refractivity contribution in [3.8, 4) is 11.5 Å². The van der Waals surface area contributed by atoms with Crippen molar-refractivity contribution in [2.24, 2.45) is 0 Å². The van der Waals surface area contributed by atoms with Gasteiger partial charge in [0.05, 0.1) is 14.2 Å². The van der Waals surface area contributed by atoms with Gasteiger partial charge in [0.2, 0.25) is 0 Å². The molecule has 0 aromatic heterocycles. The molecular weight excluding hydrogens is 356 g/mol. The van der Waals surface area contributed by atoms with Gasteiger partial charge in [0.1, 0.15) is 11.5 Å². The number of methoxy groups -OCH3 is 2. The Labute approximate surface area is 172 Å². The van der Waals surface area contributed by atoms with E-state index in [0.717, 1.165) is 29.0 Å². The van der Waals surface area contributed by atoms with Gasteiger partial charge in [-0.2, -0.15) is 0 Å². The third kappa shape index (κ3) is 4.17. The molecule has 0 spiro atoms. The Balaban J connectivity index is 1.75. The molecule has 0 aliphatic heterocycles. The zero-order valence-electron chi connectivity index (χ0n) is 16.8. The minimum Gasteiger partial charge on any atom is -0.497 e. The van der Waals surface area contributed by atoms with Crippen LogP contribution >= 0.6 is 0 Å². The monoisotopic (exact) mass is 380 g/mol. The van der Waals surface area contributed by atoms with E-state index >= 15 is 0 Å². The van der Waals surface area contributed by atoms with Crippen molar-refractivity contribution in [3.05, 3.63) is 114 Å². The second-order valence-electron chi connectivity index (χ2n) is 6.92. The summed E-state index contributed by atoms with van der Waals surface area (Å²) < 4.78 is 10.7. The highest BCUT2D eigenvalue weighted by Gasteiger charge is 2.07. The van der Waals surface area contributed by atoms with Crippen molar-refractivity contribution in [2.75, 3.05) is 14.2 Å². The second-order valence-corrected chi connectivity index (χ2v) is 6.92. The number of rotatable bonds is 6. The molecule has 2 nitrogen and oxygen atoms in total. The van der Waals surface area contributed by atoms with E-state index in [-0.39, 0.29) is 0 Å². The topological polar surface area (TPSA) is 18.5 Å². The molecule has 4 aromatic carbocycles. The second kappa shape index (κ2) is 8.66. The highest BCUT2D eigenvalue weighted by Crippen LogP contribution is 2.28. The van der Waals surface area contributed by atoms with Crippen molar-refractivity contribution < 1.29 is 9.47 Å². The molecule has 4 rings (SSSR count). The fraction of sp³-hybridized carbons (Fsp3) is 0.111. The van der Waals surface area contributed by atoms with Crippen LogP contribution in [0.1, 0.15) is 16.7 Å². The van der Waals surface area contributed by atoms with Gasteiger partial charge in [0.15, 0.2) is 0 Å². The Morgan fingerprint density at radius 2 is 1.21 bits per heavy atom. The van der Waals surface area contributed by atoms with Crippen LogP contribution in [0.4, 0.5) is 0 Å². The molecule has 0 unspecified atom stereocenters. The molecule has 29 heavy (non-hydrogen) atoms. The predicted octanol–water partition coefficient (Wildman–Crippen LogP) is 6.53. The van der Waals surface area contributed by atoms with Crippen LogP contribution in [0.2, 0.25) is 0 Å². The van der Waals surface area contributed by atoms with Crippen LogP contribution in [-0.4, -0.2) is 14.2 Å². The summed E-state index contributed by atoms with van der Waals surface area (Å²) in [7, 11) is 3.38. The third-order valence-corrected chi connectivity index (χ3v) is 5.21. The lowest BCUT2D eigenvalue weighted by Gasteiger charge is -2.12. The van der Waals surface area contributed by atoms with Gasteiger partial charge in [0.25, 0.3) is 0 Å². The zero-order chi connectivity index (χ0) is 20.1. The molecule has 0 amide bonds. The molecule has 0 aliphatic rings. The van der Waals surface area contributed by atoms with E-state index in [1.54, 1.807) is 14.2 Å². The quantitative estimate of drug-likeness (QED) is 0.378. The molecule has 0 radical (unpaired) electrons. The maximum absolute atomic E-state index is 5.33. The molecule has 0 heterocycles. The normalized spacial score (nSPS) is 10.6. The molecule has 0 bridgehead atoms. The summed E-state index contributed by atoms with van der Waals surface area (Å²) in [5, 5.41) is 2.57. The van der Waals surface area contributed by atoms with Gasteiger partial charge in [0, 0.05) is 0 Å². The number of hydrogen-bond acceptors (Lipinski definition) is 2. The van der Waals surface area contributed by atoms with E-state index in [4.69, 9.17) is 9.47 Å². The molecular formula is C27H24O2. The van der Waals surface area contributed by atoms with Crippen LogP contribution in [0.15, 0.2) is 97.1 Å². The van der Waals surface area contributed by atoms with Gasteiger partial charge in [-0.3, -0.25) is 0 Å². The molecule has 0 fully saturated rings. The summed E-state index contributed by atoms with van der Waals surface area (Å²) in [6.07, 6.45) is 3.17. The van der Waals surface area contributed by atoms with E-state index in [1.807, 2.05) is 24.3 Å². The summed E-state index contributed by atoms with van der Waals surface area (Å²) >= 11 is 0. The first kappa shape index (κ1) is 18.8. The van der Waals surface area contributed by atoms with Crippen molar-refractivity contribution in [1.29, 1.82) is 0 Å². The van der Waals surface area contributed by atoms with Crippen LogP contribution in [0.25, 0.3) is 16.3 Å². The first-order chi connectivity index (χ1) is 14.3. The summed E-state index contributed by atoms with van der Waals surface area (Å²) in [5.74, 6) is 1.72. The van der Waals surface area contributed by atoms with E-state index in [2.05, 4.69) is 72.8 Å². The average Bonchev–Trinajstić information content (AvgIpc) is 2.80. The minimum absolute atomic E-state index is 0.856. The number of hydrogen-bond donors (Lipinski definition) is 0. The third-order valence-electron chi connectivity index (χ3n) is 5.21. The summed E-state index contributed by atoms with van der Waals surface area (Å²) in [4.78, 5) is 0. The molecule has 0 aliphatic carbocycles. The fourth-order valence-corrected chi connectivity index (χ4v) is 3.63. The van der Waals surface area contributed by atoms with Crippen LogP contribution in [-0.2, 0) is 6.42 Å². The van der Waals surface area contributed by atoms with E-state index in [1.165, 1.54) is 21.9 Å². The lowest BCUT2D eigenvalue weighted by atomic mass is 9.94. The van der Waals surface area contributed by atoms with Gasteiger partial charge >= 0.3 is 0 Å². The Morgan fingerprint density at radius 3 is 1.79 bits per heavy atom. The lowest BCUT2D eigenvalue weighted by molar-refractivity contribution is 0.414. The number of ether oxygens (including phenoxy) is 2. The molecule has 0 atom stereocenters. The van der Waals surface area contributed by atoms with Crippen molar-refractivity contribution >= 4 is 16.3 Å². The van der Waals surface area contributed by atoms with Gasteiger partial charge in [-0.1, -0.05) is 72.8 Å². The van der Waals surface area contributed by atoms with Crippen LogP contribution in [0.5, 0.6) is 11.5 Å². The Bertz CT molecular complexity index is 1070. The summed E-state index contributed by atoms with van der Waals surface area (Å²) in [6, 6.07) is 31.5. The first-order valence-electron chi connectivity index (χ1n) is 9.74. The molecule has 0 N–H and O–H groups in total. The lowest BCUT2D eigenvalue weighted by Crippen LogP contribution is -1.92. The standard InChI is InChI=1S/C27H24O2/c1-28-24-15-10-22(11-16-24)27(23-12-17-25(29-2)18-13-23)19-14-21-8-5-7-20-6-3-4-9-26(20)21/h3-13,15-19H,14H2,1-2H3. The highest BCUT2D eigenvalue weighted by atomic mass is 16.5. The molecule has 0 saturated heterocycles. The van der Waals surface area contributed by atoms with Crippen molar-refractivity contribution in [3.63, 3.8) is 0 Å². The van der Waals surface area contributed by atoms with Gasteiger partial charge in [-0.25, -0.2) is 0 Å². The van der Waals surface area contributed by atoms with E-state index in [9.17, 15) is 0 Å². The molecule has 2 heteroatoms. The summed E-state index contributed by atoms with van der Waals surface area (Å²) in [5.41, 5.74) is 4.85. The Morgan fingerprint density at radius 1 is 0.655 bits per heavy atom. The molecule has 144 valence electrons. The zero-order valence-corrected chi connectivity index (χ0v) is 16.8. The largest absolute Gasteiger partial charge is 0.497 e. The molecule has 4 aromatic rings. The van der Waals surface area contributed by atoms with Crippen LogP contribution in [0, 0.1) is 0 Å². The smallest absolute Gasteiger partial charge is 0.118 e. The maximum Gasteiger partial charge on any atom is 0.118 e. The number of benzene rings is 4. The van der Waals surface area contributed by atoms with Gasteiger partial charge in [-0.05, 0) is 63.7 Å². The molecule has 0 saturated carbocycles. The summed E-state index contributed by atoms with van der Waals surface area (Å²) in [6.45, 7) is 0. The Kier molecular flexibility index (Phi) is 5.62. The minimum atomic E-state index is 0.856. The maximum atomic E-state index is 5.33. The van der Waals surface area contributed by atoms with Gasteiger partial charge in [-0.15, -0.1) is 0 Å². The first-order valence-corrected chi connectivity index (χ1v) is 9.74. The average molecular weight is 380 g/mol. The number of allylic oxidation sites excluding steroid dienone is 1. The fourth-order valence-electron chi connectivity index (χ4n) is 3.63. The number of fused-ring (bicyclic) bond motifs is 1. The Hall–Kier alpha value is -3.52. The van der Waals surface area contributed by atoms with Crippen LogP contribution < -0.4 is 9.47 Å². The van der Waals surface area contributed by atoms with Crippen molar-refractivity contribution in [1.82, 2.24) is 0 Å². The van der Waals surface area contributed by atoms with E-state index < -0.39 is 0 Å². The highest BCUT2D eigenvalue weighted by molar-refractivity contribution is 5.86. The van der Waals surface area contributed by atoms with Gasteiger partial charge < -0.3 is 9.47 Å². The van der Waals surface area contributed by atoms with Crippen molar-refractivity contribution in [2.45, 2.75) is 6.42 Å². The van der Waals surface area contributed by atoms with Crippen LogP contribution in [0.3, 0.4) is 0 Å².